The Morgan fingerprint density at radius 3 is 2.62 bits per heavy atom. The van der Waals surface area contributed by atoms with Crippen LogP contribution < -0.4 is 5.32 Å². The SMILES string of the molecule is CN(C)C(CNC(=O)CCCN(C)S(=O)(=O)c1cccs1)c1ccco1. The van der Waals surface area contributed by atoms with E-state index in [1.54, 1.807) is 23.8 Å². The molecule has 0 bridgehead atoms. The van der Waals surface area contributed by atoms with Crippen molar-refractivity contribution in [2.24, 2.45) is 0 Å². The highest BCUT2D eigenvalue weighted by atomic mass is 32.2. The number of likely N-dealkylation sites (N-methyl/N-ethyl adjacent to an activating group) is 1. The topological polar surface area (TPSA) is 82.9 Å². The number of amides is 1. The Balaban J connectivity index is 1.76. The van der Waals surface area contributed by atoms with Crippen molar-refractivity contribution in [3.05, 3.63) is 41.7 Å². The van der Waals surface area contributed by atoms with Crippen LogP contribution in [-0.4, -0.2) is 57.8 Å². The number of nitrogens with zero attached hydrogens (tertiary/aromatic N) is 2. The second-order valence-corrected chi connectivity index (χ2v) is 9.38. The van der Waals surface area contributed by atoms with Gasteiger partial charge in [-0.1, -0.05) is 6.07 Å². The molecule has 2 rings (SSSR count). The molecule has 144 valence electrons. The summed E-state index contributed by atoms with van der Waals surface area (Å²) in [6, 6.07) is 6.94. The standard InChI is InChI=1S/C17H25N3O4S2/c1-19(2)14(15-7-5-11-24-15)13-18-16(21)8-4-10-20(3)26(22,23)17-9-6-12-25-17/h5-7,9,11-12,14H,4,8,10,13H2,1-3H3,(H,18,21). The molecule has 0 spiro atoms. The smallest absolute Gasteiger partial charge is 0.252 e. The lowest BCUT2D eigenvalue weighted by atomic mass is 10.2. The van der Waals surface area contributed by atoms with Gasteiger partial charge >= 0.3 is 0 Å². The molecule has 1 atom stereocenters. The average Bonchev–Trinajstić information content (AvgIpc) is 3.28. The molecule has 26 heavy (non-hydrogen) atoms. The van der Waals surface area contributed by atoms with Crippen LogP contribution in [0.25, 0.3) is 0 Å². The van der Waals surface area contributed by atoms with E-state index in [-0.39, 0.29) is 18.4 Å². The van der Waals surface area contributed by atoms with Crippen LogP contribution in [-0.2, 0) is 14.8 Å². The number of carbonyl (C=O) groups is 1. The van der Waals surface area contributed by atoms with E-state index in [4.69, 9.17) is 4.42 Å². The van der Waals surface area contributed by atoms with Gasteiger partial charge in [-0.15, -0.1) is 11.3 Å². The van der Waals surface area contributed by atoms with E-state index < -0.39 is 10.0 Å². The van der Waals surface area contributed by atoms with Gasteiger partial charge in [-0.25, -0.2) is 12.7 Å². The zero-order chi connectivity index (χ0) is 19.2. The number of furan rings is 1. The molecule has 0 saturated heterocycles. The van der Waals surface area contributed by atoms with Gasteiger partial charge < -0.3 is 9.73 Å². The molecular weight excluding hydrogens is 374 g/mol. The monoisotopic (exact) mass is 399 g/mol. The third kappa shape index (κ3) is 5.41. The van der Waals surface area contributed by atoms with Crippen molar-refractivity contribution < 1.29 is 17.6 Å². The minimum atomic E-state index is -3.46. The van der Waals surface area contributed by atoms with Crippen molar-refractivity contribution in [3.8, 4) is 0 Å². The fourth-order valence-electron chi connectivity index (χ4n) is 2.46. The van der Waals surface area contributed by atoms with Crippen LogP contribution in [0.4, 0.5) is 0 Å². The summed E-state index contributed by atoms with van der Waals surface area (Å²) in [5.41, 5.74) is 0. The van der Waals surface area contributed by atoms with Crippen molar-refractivity contribution in [1.82, 2.24) is 14.5 Å². The Kier molecular flexibility index (Phi) is 7.39. The molecule has 0 aliphatic carbocycles. The highest BCUT2D eigenvalue weighted by Crippen LogP contribution is 2.20. The van der Waals surface area contributed by atoms with Crippen molar-refractivity contribution >= 4 is 27.3 Å². The lowest BCUT2D eigenvalue weighted by Crippen LogP contribution is -2.35. The van der Waals surface area contributed by atoms with Gasteiger partial charge in [-0.3, -0.25) is 9.69 Å². The molecule has 2 heterocycles. The number of sulfonamides is 1. The fourth-order valence-corrected chi connectivity index (χ4v) is 4.87. The molecule has 0 aromatic carbocycles. The van der Waals surface area contributed by atoms with E-state index in [1.165, 1.54) is 22.7 Å². The maximum absolute atomic E-state index is 12.3. The normalized spacial score (nSPS) is 13.3. The van der Waals surface area contributed by atoms with Crippen LogP contribution in [0.15, 0.2) is 44.5 Å². The first-order valence-electron chi connectivity index (χ1n) is 8.28. The zero-order valence-corrected chi connectivity index (χ0v) is 16.8. The molecule has 0 fully saturated rings. The quantitative estimate of drug-likeness (QED) is 0.662. The molecule has 7 nitrogen and oxygen atoms in total. The summed E-state index contributed by atoms with van der Waals surface area (Å²) < 4.78 is 31.6. The Morgan fingerprint density at radius 1 is 1.27 bits per heavy atom. The zero-order valence-electron chi connectivity index (χ0n) is 15.2. The fraction of sp³-hybridized carbons (Fsp3) is 0.471. The Hall–Kier alpha value is -1.68. The van der Waals surface area contributed by atoms with Crippen molar-refractivity contribution in [2.45, 2.75) is 23.1 Å². The third-order valence-corrected chi connectivity index (χ3v) is 7.25. The third-order valence-electron chi connectivity index (χ3n) is 4.02. The maximum atomic E-state index is 12.3. The van der Waals surface area contributed by atoms with E-state index >= 15 is 0 Å². The maximum Gasteiger partial charge on any atom is 0.252 e. The van der Waals surface area contributed by atoms with E-state index in [2.05, 4.69) is 5.32 Å². The van der Waals surface area contributed by atoms with E-state index in [0.29, 0.717) is 23.7 Å². The van der Waals surface area contributed by atoms with Crippen LogP contribution in [0.5, 0.6) is 0 Å². The number of nitrogens with one attached hydrogen (secondary N) is 1. The van der Waals surface area contributed by atoms with Crippen LogP contribution in [0.3, 0.4) is 0 Å². The number of thiophene rings is 1. The first-order chi connectivity index (χ1) is 12.3. The van der Waals surface area contributed by atoms with Crippen molar-refractivity contribution in [2.75, 3.05) is 34.2 Å². The Morgan fingerprint density at radius 2 is 2.04 bits per heavy atom. The predicted molar refractivity (Wildman–Crippen MR) is 102 cm³/mol. The molecule has 1 unspecified atom stereocenters. The summed E-state index contributed by atoms with van der Waals surface area (Å²) in [5, 5.41) is 4.62. The molecule has 0 radical (unpaired) electrons. The minimum absolute atomic E-state index is 0.0455. The van der Waals surface area contributed by atoms with Gasteiger partial charge in [0.25, 0.3) is 10.0 Å². The van der Waals surface area contributed by atoms with Gasteiger partial charge in [-0.2, -0.15) is 0 Å². The average molecular weight is 400 g/mol. The van der Waals surface area contributed by atoms with Gasteiger partial charge in [0.2, 0.25) is 5.91 Å². The van der Waals surface area contributed by atoms with Crippen LogP contribution in [0.1, 0.15) is 24.6 Å². The van der Waals surface area contributed by atoms with Gasteiger partial charge in [0.1, 0.15) is 9.97 Å². The number of hydrogen-bond donors (Lipinski definition) is 1. The van der Waals surface area contributed by atoms with Gasteiger partial charge in [0.15, 0.2) is 0 Å². The van der Waals surface area contributed by atoms with Crippen LogP contribution in [0, 0.1) is 0 Å². The Bertz CT molecular complexity index is 771. The summed E-state index contributed by atoms with van der Waals surface area (Å²) >= 11 is 1.19. The summed E-state index contributed by atoms with van der Waals surface area (Å²) in [6.45, 7) is 0.728. The van der Waals surface area contributed by atoms with Crippen molar-refractivity contribution in [1.29, 1.82) is 0 Å². The molecular formula is C17H25N3O4S2. The van der Waals surface area contributed by atoms with E-state index in [0.717, 1.165) is 5.76 Å². The second kappa shape index (κ2) is 9.31. The molecule has 0 aliphatic heterocycles. The summed E-state index contributed by atoms with van der Waals surface area (Å²) in [7, 11) is 1.92. The predicted octanol–water partition coefficient (Wildman–Crippen LogP) is 2.16. The summed E-state index contributed by atoms with van der Waals surface area (Å²) in [6.07, 6.45) is 2.33. The second-order valence-electron chi connectivity index (χ2n) is 6.16. The number of rotatable bonds is 10. The molecule has 1 N–H and O–H groups in total. The highest BCUT2D eigenvalue weighted by Gasteiger charge is 2.22. The highest BCUT2D eigenvalue weighted by molar-refractivity contribution is 7.91. The van der Waals surface area contributed by atoms with E-state index in [9.17, 15) is 13.2 Å². The van der Waals surface area contributed by atoms with Crippen molar-refractivity contribution in [3.63, 3.8) is 0 Å². The summed E-state index contributed by atoms with van der Waals surface area (Å²) in [4.78, 5) is 14.0. The molecule has 9 heteroatoms. The van der Waals surface area contributed by atoms with Crippen LogP contribution >= 0.6 is 11.3 Å². The first kappa shape index (κ1) is 20.6. The van der Waals surface area contributed by atoms with E-state index in [1.807, 2.05) is 31.1 Å². The Labute approximate surface area is 158 Å². The molecule has 0 aliphatic rings. The number of hydrogen-bond acceptors (Lipinski definition) is 6. The van der Waals surface area contributed by atoms with Gasteiger partial charge in [0.05, 0.1) is 12.3 Å². The lowest BCUT2D eigenvalue weighted by molar-refractivity contribution is -0.121. The summed E-state index contributed by atoms with van der Waals surface area (Å²) in [5.74, 6) is 0.683. The molecule has 0 saturated carbocycles. The lowest BCUT2D eigenvalue weighted by Gasteiger charge is -2.22. The molecule has 2 aromatic heterocycles. The molecule has 2 aromatic rings. The number of carbonyl (C=O) groups excluding carboxylic acids is 1. The molecule has 1 amide bonds. The van der Waals surface area contributed by atoms with Gasteiger partial charge in [-0.05, 0) is 44.1 Å². The van der Waals surface area contributed by atoms with Gasteiger partial charge in [0, 0.05) is 26.6 Å². The first-order valence-corrected chi connectivity index (χ1v) is 10.6. The largest absolute Gasteiger partial charge is 0.468 e. The minimum Gasteiger partial charge on any atom is -0.468 e. The van der Waals surface area contributed by atoms with Crippen LogP contribution in [0.2, 0.25) is 0 Å².